The van der Waals surface area contributed by atoms with Gasteiger partial charge in [0.25, 0.3) is 0 Å². The van der Waals surface area contributed by atoms with Gasteiger partial charge in [0.1, 0.15) is 0 Å². The molecule has 5 heteroatoms. The van der Waals surface area contributed by atoms with E-state index in [2.05, 4.69) is 0 Å². The molecule has 0 saturated carbocycles. The first kappa shape index (κ1) is 11.9. The SMILES string of the molecule is Cn1c(=O)n(C)c2cc(C(=O)c3ccsc3)ccc21. The number of nitrogens with zero attached hydrogens (tertiary/aromatic N) is 2. The molecule has 0 fully saturated rings. The molecule has 19 heavy (non-hydrogen) atoms. The summed E-state index contributed by atoms with van der Waals surface area (Å²) < 4.78 is 3.13. The number of imidazole rings is 1. The van der Waals surface area contributed by atoms with Gasteiger partial charge in [-0.3, -0.25) is 13.9 Å². The Morgan fingerprint density at radius 2 is 1.79 bits per heavy atom. The fourth-order valence-electron chi connectivity index (χ4n) is 2.21. The molecule has 3 aromatic rings. The smallest absolute Gasteiger partial charge is 0.295 e. The molecule has 0 aliphatic rings. The van der Waals surface area contributed by atoms with Gasteiger partial charge in [0.2, 0.25) is 0 Å². The monoisotopic (exact) mass is 272 g/mol. The minimum absolute atomic E-state index is 0.0144. The number of ketones is 1. The lowest BCUT2D eigenvalue weighted by molar-refractivity contribution is 0.103. The fourth-order valence-corrected chi connectivity index (χ4v) is 2.84. The second-order valence-corrected chi connectivity index (χ2v) is 5.23. The average molecular weight is 272 g/mol. The second kappa shape index (κ2) is 4.20. The van der Waals surface area contributed by atoms with Crippen LogP contribution < -0.4 is 5.69 Å². The second-order valence-electron chi connectivity index (χ2n) is 4.45. The maximum absolute atomic E-state index is 12.3. The average Bonchev–Trinajstić information content (AvgIpc) is 3.03. The van der Waals surface area contributed by atoms with Crippen molar-refractivity contribution in [2.75, 3.05) is 0 Å². The normalized spacial score (nSPS) is 11.1. The van der Waals surface area contributed by atoms with Crippen LogP contribution in [0.4, 0.5) is 0 Å². The van der Waals surface area contributed by atoms with Crippen LogP contribution in [-0.2, 0) is 14.1 Å². The Kier molecular flexibility index (Phi) is 2.64. The van der Waals surface area contributed by atoms with Crippen molar-refractivity contribution in [2.45, 2.75) is 0 Å². The molecule has 2 aromatic heterocycles. The lowest BCUT2D eigenvalue weighted by atomic mass is 10.1. The number of thiophene rings is 1. The quantitative estimate of drug-likeness (QED) is 0.671. The summed E-state index contributed by atoms with van der Waals surface area (Å²) in [5.74, 6) is -0.0144. The lowest BCUT2D eigenvalue weighted by Crippen LogP contribution is -2.19. The van der Waals surface area contributed by atoms with Gasteiger partial charge in [0, 0.05) is 30.6 Å². The van der Waals surface area contributed by atoms with Crippen LogP contribution in [0, 0.1) is 0 Å². The lowest BCUT2D eigenvalue weighted by Gasteiger charge is -2.00. The Morgan fingerprint density at radius 3 is 2.47 bits per heavy atom. The van der Waals surface area contributed by atoms with E-state index in [4.69, 9.17) is 0 Å². The third-order valence-corrected chi connectivity index (χ3v) is 4.00. The number of carbonyl (C=O) groups is 1. The van der Waals surface area contributed by atoms with Gasteiger partial charge in [0.05, 0.1) is 11.0 Å². The Morgan fingerprint density at radius 1 is 1.05 bits per heavy atom. The van der Waals surface area contributed by atoms with Crippen LogP contribution >= 0.6 is 11.3 Å². The highest BCUT2D eigenvalue weighted by Gasteiger charge is 2.13. The highest BCUT2D eigenvalue weighted by Crippen LogP contribution is 2.18. The zero-order chi connectivity index (χ0) is 13.6. The number of aryl methyl sites for hydroxylation is 2. The van der Waals surface area contributed by atoms with Crippen LogP contribution in [0.2, 0.25) is 0 Å². The number of aromatic nitrogens is 2. The largest absolute Gasteiger partial charge is 0.328 e. The van der Waals surface area contributed by atoms with Crippen LogP contribution in [0.1, 0.15) is 15.9 Å². The van der Waals surface area contributed by atoms with Crippen molar-refractivity contribution >= 4 is 28.2 Å². The van der Waals surface area contributed by atoms with Crippen LogP contribution in [0.5, 0.6) is 0 Å². The summed E-state index contributed by atoms with van der Waals surface area (Å²) in [6, 6.07) is 7.16. The predicted octanol–water partition coefficient (Wildman–Crippen LogP) is 2.17. The summed E-state index contributed by atoms with van der Waals surface area (Å²) in [5, 5.41) is 3.71. The molecular formula is C14H12N2O2S. The molecule has 96 valence electrons. The molecule has 1 aromatic carbocycles. The van der Waals surface area contributed by atoms with Gasteiger partial charge in [-0.2, -0.15) is 11.3 Å². The predicted molar refractivity (Wildman–Crippen MR) is 75.9 cm³/mol. The summed E-state index contributed by atoms with van der Waals surface area (Å²) in [6.07, 6.45) is 0. The highest BCUT2D eigenvalue weighted by atomic mass is 32.1. The molecule has 3 rings (SSSR count). The van der Waals surface area contributed by atoms with E-state index < -0.39 is 0 Å². The number of benzene rings is 1. The molecule has 0 N–H and O–H groups in total. The van der Waals surface area contributed by atoms with Crippen molar-refractivity contribution < 1.29 is 4.79 Å². The minimum Gasteiger partial charge on any atom is -0.295 e. The van der Waals surface area contributed by atoms with Crippen LogP contribution in [0.3, 0.4) is 0 Å². The van der Waals surface area contributed by atoms with Gasteiger partial charge in [-0.05, 0) is 29.6 Å². The van der Waals surface area contributed by atoms with Crippen LogP contribution in [0.25, 0.3) is 11.0 Å². The van der Waals surface area contributed by atoms with E-state index in [1.54, 1.807) is 41.4 Å². The van der Waals surface area contributed by atoms with Crippen molar-refractivity contribution in [1.29, 1.82) is 0 Å². The van der Waals surface area contributed by atoms with E-state index in [0.717, 1.165) is 11.0 Å². The number of carbonyl (C=O) groups excluding carboxylic acids is 1. The van der Waals surface area contributed by atoms with E-state index in [1.165, 1.54) is 11.3 Å². The van der Waals surface area contributed by atoms with E-state index in [1.807, 2.05) is 16.8 Å². The molecule has 0 spiro atoms. The van der Waals surface area contributed by atoms with Gasteiger partial charge in [-0.15, -0.1) is 0 Å². The summed E-state index contributed by atoms with van der Waals surface area (Å²) in [6.45, 7) is 0. The van der Waals surface area contributed by atoms with Crippen LogP contribution in [0.15, 0.2) is 39.8 Å². The first-order valence-corrected chi connectivity index (χ1v) is 6.76. The number of rotatable bonds is 2. The van der Waals surface area contributed by atoms with Gasteiger partial charge in [-0.1, -0.05) is 0 Å². The topological polar surface area (TPSA) is 44.0 Å². The van der Waals surface area contributed by atoms with Gasteiger partial charge in [0.15, 0.2) is 5.78 Å². The Balaban J connectivity index is 2.20. The minimum atomic E-state index is -0.0878. The number of hydrogen-bond acceptors (Lipinski definition) is 3. The van der Waals surface area contributed by atoms with Gasteiger partial charge < -0.3 is 0 Å². The number of fused-ring (bicyclic) bond motifs is 1. The van der Waals surface area contributed by atoms with Gasteiger partial charge >= 0.3 is 5.69 Å². The molecule has 0 unspecified atom stereocenters. The van der Waals surface area contributed by atoms with Crippen molar-refractivity contribution in [2.24, 2.45) is 14.1 Å². The summed E-state index contributed by atoms with van der Waals surface area (Å²) in [5.41, 5.74) is 2.80. The standard InChI is InChI=1S/C14H12N2O2S/c1-15-11-4-3-9(7-12(11)16(2)14(15)18)13(17)10-5-6-19-8-10/h3-8H,1-2H3. The maximum Gasteiger partial charge on any atom is 0.328 e. The summed E-state index contributed by atoms with van der Waals surface area (Å²) >= 11 is 1.50. The third kappa shape index (κ3) is 1.74. The fraction of sp³-hybridized carbons (Fsp3) is 0.143. The van der Waals surface area contributed by atoms with E-state index in [9.17, 15) is 9.59 Å². The first-order chi connectivity index (χ1) is 9.09. The zero-order valence-electron chi connectivity index (χ0n) is 10.6. The van der Waals surface area contributed by atoms with Gasteiger partial charge in [-0.25, -0.2) is 4.79 Å². The molecule has 0 saturated heterocycles. The first-order valence-electron chi connectivity index (χ1n) is 5.82. The number of hydrogen-bond donors (Lipinski definition) is 0. The highest BCUT2D eigenvalue weighted by molar-refractivity contribution is 7.08. The molecule has 0 radical (unpaired) electrons. The third-order valence-electron chi connectivity index (χ3n) is 3.32. The Labute approximate surface area is 113 Å². The van der Waals surface area contributed by atoms with Crippen LogP contribution in [-0.4, -0.2) is 14.9 Å². The van der Waals surface area contributed by atoms with Crippen molar-refractivity contribution in [3.8, 4) is 0 Å². The van der Waals surface area contributed by atoms with E-state index >= 15 is 0 Å². The van der Waals surface area contributed by atoms with E-state index in [-0.39, 0.29) is 11.5 Å². The molecule has 0 atom stereocenters. The molecule has 0 aliphatic heterocycles. The molecule has 0 aliphatic carbocycles. The van der Waals surface area contributed by atoms with Crippen molar-refractivity contribution in [3.63, 3.8) is 0 Å². The van der Waals surface area contributed by atoms with Crippen molar-refractivity contribution in [1.82, 2.24) is 9.13 Å². The Hall–Kier alpha value is -2.14. The molecule has 4 nitrogen and oxygen atoms in total. The van der Waals surface area contributed by atoms with E-state index in [0.29, 0.717) is 11.1 Å². The maximum atomic E-state index is 12.3. The summed E-state index contributed by atoms with van der Waals surface area (Å²) in [4.78, 5) is 24.1. The molecule has 2 heterocycles. The molecule has 0 bridgehead atoms. The molecular weight excluding hydrogens is 260 g/mol. The molecule has 0 amide bonds. The van der Waals surface area contributed by atoms with Crippen molar-refractivity contribution in [3.05, 3.63) is 56.6 Å². The Bertz CT molecular complexity index is 825. The summed E-state index contributed by atoms with van der Waals surface area (Å²) in [7, 11) is 3.44. The zero-order valence-corrected chi connectivity index (χ0v) is 11.4.